The summed E-state index contributed by atoms with van der Waals surface area (Å²) in [7, 11) is -4.02. The van der Waals surface area contributed by atoms with Crippen molar-refractivity contribution in [2.45, 2.75) is 30.3 Å². The lowest BCUT2D eigenvalue weighted by atomic mass is 9.90. The molecule has 170 valence electrons. The third-order valence-corrected chi connectivity index (χ3v) is 7.05. The summed E-state index contributed by atoms with van der Waals surface area (Å²) < 4.78 is 29.6. The molecule has 3 N–H and O–H groups in total. The molecule has 1 fully saturated rings. The molecule has 0 saturated carbocycles. The van der Waals surface area contributed by atoms with E-state index in [0.29, 0.717) is 10.0 Å². The van der Waals surface area contributed by atoms with Gasteiger partial charge < -0.3 is 5.73 Å². The van der Waals surface area contributed by atoms with E-state index in [1.807, 2.05) is 31.2 Å². The van der Waals surface area contributed by atoms with Gasteiger partial charge in [0.2, 0.25) is 0 Å². The lowest BCUT2D eigenvalue weighted by Crippen LogP contribution is -2.39. The maximum atomic E-state index is 10.5. The molecule has 3 aromatic rings. The first-order chi connectivity index (χ1) is 15.1. The topological polar surface area (TPSA) is 83.6 Å². The van der Waals surface area contributed by atoms with Crippen LogP contribution in [0, 0.1) is 6.92 Å². The van der Waals surface area contributed by atoms with Crippen molar-refractivity contribution >= 4 is 33.3 Å². The summed E-state index contributed by atoms with van der Waals surface area (Å²) in [5.41, 5.74) is 9.59. The fourth-order valence-corrected chi connectivity index (χ4v) is 4.42. The van der Waals surface area contributed by atoms with Gasteiger partial charge >= 0.3 is 0 Å². The number of likely N-dealkylation sites (tertiary alicyclic amines) is 1. The van der Waals surface area contributed by atoms with Crippen LogP contribution in [0.25, 0.3) is 0 Å². The molecule has 0 amide bonds. The Morgan fingerprint density at radius 3 is 2.25 bits per heavy atom. The van der Waals surface area contributed by atoms with Gasteiger partial charge in [0.25, 0.3) is 10.1 Å². The molecule has 0 spiro atoms. The molecule has 1 heterocycles. The van der Waals surface area contributed by atoms with Crippen LogP contribution in [0.2, 0.25) is 10.0 Å². The summed E-state index contributed by atoms with van der Waals surface area (Å²) >= 11 is 12.1. The van der Waals surface area contributed by atoms with Gasteiger partial charge in [0.05, 0.1) is 20.5 Å². The highest BCUT2D eigenvalue weighted by Gasteiger charge is 2.36. The Morgan fingerprint density at radius 1 is 1.00 bits per heavy atom. The minimum absolute atomic E-state index is 0.0666. The van der Waals surface area contributed by atoms with Gasteiger partial charge in [-0.25, -0.2) is 0 Å². The molecule has 1 saturated heterocycles. The van der Waals surface area contributed by atoms with Crippen LogP contribution in [0.3, 0.4) is 0 Å². The molecule has 1 atom stereocenters. The van der Waals surface area contributed by atoms with E-state index in [2.05, 4.69) is 29.2 Å². The van der Waals surface area contributed by atoms with Gasteiger partial charge in [-0.3, -0.25) is 9.45 Å². The normalized spacial score (nSPS) is 18.8. The van der Waals surface area contributed by atoms with Crippen LogP contribution in [-0.2, 0) is 22.2 Å². The highest BCUT2D eigenvalue weighted by molar-refractivity contribution is 7.85. The maximum absolute atomic E-state index is 10.5. The Balaban J connectivity index is 0.000000222. The lowest BCUT2D eigenvalue weighted by molar-refractivity contribution is 0.305. The molecule has 0 aliphatic carbocycles. The molecule has 1 aliphatic heterocycles. The SMILES string of the molecule is Cc1ccc(S(=O)(=O)O)cc1.NC1(c2ccc(Cl)c(Cl)c2)CCN(Cc2ccccc2)C1. The third kappa shape index (κ3) is 6.54. The van der Waals surface area contributed by atoms with E-state index in [4.69, 9.17) is 33.5 Å². The van der Waals surface area contributed by atoms with Crippen molar-refractivity contribution in [2.75, 3.05) is 13.1 Å². The van der Waals surface area contributed by atoms with E-state index >= 15 is 0 Å². The summed E-state index contributed by atoms with van der Waals surface area (Å²) in [6.45, 7) is 4.60. The van der Waals surface area contributed by atoms with Crippen LogP contribution in [0.5, 0.6) is 0 Å². The zero-order valence-corrected chi connectivity index (χ0v) is 20.0. The van der Waals surface area contributed by atoms with Gasteiger partial charge in [-0.1, -0.05) is 77.3 Å². The van der Waals surface area contributed by atoms with Crippen LogP contribution in [0.1, 0.15) is 23.1 Å². The second kappa shape index (κ2) is 10.3. The molecule has 4 rings (SSSR count). The number of rotatable bonds is 4. The molecule has 8 heteroatoms. The summed E-state index contributed by atoms with van der Waals surface area (Å²) in [6.07, 6.45) is 0.928. The van der Waals surface area contributed by atoms with Crippen LogP contribution in [0.15, 0.2) is 77.7 Å². The highest BCUT2D eigenvalue weighted by atomic mass is 35.5. The first kappa shape index (κ1) is 24.7. The van der Waals surface area contributed by atoms with E-state index in [-0.39, 0.29) is 10.4 Å². The summed E-state index contributed by atoms with van der Waals surface area (Å²) in [5, 5.41) is 1.14. The van der Waals surface area contributed by atoms with Gasteiger partial charge in [-0.15, -0.1) is 0 Å². The number of nitrogens with zero attached hydrogens (tertiary/aromatic N) is 1. The number of aryl methyl sites for hydroxylation is 1. The fraction of sp³-hybridized carbons (Fsp3) is 0.250. The zero-order chi connectivity index (χ0) is 23.4. The van der Waals surface area contributed by atoms with Crippen molar-refractivity contribution in [3.05, 3.63) is 99.5 Å². The van der Waals surface area contributed by atoms with E-state index in [1.54, 1.807) is 12.1 Å². The number of halogens is 2. The molecule has 0 radical (unpaired) electrons. The smallest absolute Gasteiger partial charge is 0.294 e. The molecule has 32 heavy (non-hydrogen) atoms. The predicted octanol–water partition coefficient (Wildman–Crippen LogP) is 5.30. The first-order valence-corrected chi connectivity index (χ1v) is 12.3. The Morgan fingerprint density at radius 2 is 1.66 bits per heavy atom. The fourth-order valence-electron chi connectivity index (χ4n) is 3.64. The molecule has 1 unspecified atom stereocenters. The Hall–Kier alpha value is -1.93. The first-order valence-electron chi connectivity index (χ1n) is 10.1. The molecule has 5 nitrogen and oxygen atoms in total. The van der Waals surface area contributed by atoms with Crippen molar-refractivity contribution in [1.29, 1.82) is 0 Å². The van der Waals surface area contributed by atoms with E-state index in [9.17, 15) is 8.42 Å². The molecular weight excluding hydrogens is 467 g/mol. The van der Waals surface area contributed by atoms with Gasteiger partial charge in [-0.05, 0) is 48.7 Å². The van der Waals surface area contributed by atoms with Gasteiger partial charge in [0.1, 0.15) is 0 Å². The Labute approximate surface area is 199 Å². The molecule has 0 aromatic heterocycles. The van der Waals surface area contributed by atoms with Crippen molar-refractivity contribution in [2.24, 2.45) is 5.73 Å². The van der Waals surface area contributed by atoms with E-state index < -0.39 is 10.1 Å². The maximum Gasteiger partial charge on any atom is 0.294 e. The minimum atomic E-state index is -4.02. The van der Waals surface area contributed by atoms with Gasteiger partial charge in [0.15, 0.2) is 0 Å². The number of hydrogen-bond acceptors (Lipinski definition) is 4. The van der Waals surface area contributed by atoms with Gasteiger partial charge in [-0.2, -0.15) is 8.42 Å². The van der Waals surface area contributed by atoms with Crippen LogP contribution in [0.4, 0.5) is 0 Å². The van der Waals surface area contributed by atoms with Gasteiger partial charge in [0, 0.05) is 19.6 Å². The summed E-state index contributed by atoms with van der Waals surface area (Å²) in [6, 6.07) is 22.2. The molecular formula is C24H26Cl2N2O3S. The second-order valence-corrected chi connectivity index (χ2v) is 10.3. The average Bonchev–Trinajstić information content (AvgIpc) is 3.12. The quantitative estimate of drug-likeness (QED) is 0.483. The number of nitrogens with two attached hydrogens (primary N) is 1. The highest BCUT2D eigenvalue weighted by Crippen LogP contribution is 2.33. The second-order valence-electron chi connectivity index (χ2n) is 8.02. The Bertz CT molecular complexity index is 1160. The average molecular weight is 493 g/mol. The molecule has 0 bridgehead atoms. The lowest BCUT2D eigenvalue weighted by Gasteiger charge is -2.26. The Kier molecular flexibility index (Phi) is 7.98. The monoisotopic (exact) mass is 492 g/mol. The van der Waals surface area contributed by atoms with Crippen molar-refractivity contribution in [3.63, 3.8) is 0 Å². The molecule has 3 aromatic carbocycles. The van der Waals surface area contributed by atoms with E-state index in [1.165, 1.54) is 17.7 Å². The predicted molar refractivity (Wildman–Crippen MR) is 130 cm³/mol. The number of benzene rings is 3. The zero-order valence-electron chi connectivity index (χ0n) is 17.7. The minimum Gasteiger partial charge on any atom is -0.320 e. The van der Waals surface area contributed by atoms with Crippen LogP contribution < -0.4 is 5.73 Å². The largest absolute Gasteiger partial charge is 0.320 e. The standard InChI is InChI=1S/C17H18Cl2N2.C7H8O3S/c18-15-7-6-14(10-16(15)19)17(20)8-9-21(12-17)11-13-4-2-1-3-5-13;1-6-2-4-7(5-3-6)11(8,9)10/h1-7,10H,8-9,11-12,20H2;2-5H,1H3,(H,8,9,10). The summed E-state index contributed by atoms with van der Waals surface area (Å²) in [4.78, 5) is 2.32. The summed E-state index contributed by atoms with van der Waals surface area (Å²) in [5.74, 6) is 0. The molecule has 1 aliphatic rings. The van der Waals surface area contributed by atoms with Crippen molar-refractivity contribution in [1.82, 2.24) is 4.90 Å². The van der Waals surface area contributed by atoms with Crippen LogP contribution in [-0.4, -0.2) is 31.0 Å². The van der Waals surface area contributed by atoms with Crippen LogP contribution >= 0.6 is 23.2 Å². The van der Waals surface area contributed by atoms with Crippen molar-refractivity contribution in [3.8, 4) is 0 Å². The number of hydrogen-bond donors (Lipinski definition) is 2. The van der Waals surface area contributed by atoms with E-state index in [0.717, 1.165) is 37.2 Å². The van der Waals surface area contributed by atoms with Crippen molar-refractivity contribution < 1.29 is 13.0 Å². The third-order valence-electron chi connectivity index (χ3n) is 5.44.